The zero-order valence-corrected chi connectivity index (χ0v) is 20.7. The zero-order chi connectivity index (χ0) is 22.7. The molecule has 2 aliphatic carbocycles. The molecule has 5 atom stereocenters. The molecule has 1 amide bonds. The van der Waals surface area contributed by atoms with Crippen molar-refractivity contribution in [1.82, 2.24) is 4.57 Å². The van der Waals surface area contributed by atoms with Crippen molar-refractivity contribution in [2.24, 2.45) is 17.8 Å². The summed E-state index contributed by atoms with van der Waals surface area (Å²) in [6, 6.07) is 15.9. The first-order valence-electron chi connectivity index (χ1n) is 11.5. The second-order valence-corrected chi connectivity index (χ2v) is 12.2. The first-order valence-corrected chi connectivity index (χ1v) is 13.6. The van der Waals surface area contributed by atoms with Crippen molar-refractivity contribution >= 4 is 46.3 Å². The summed E-state index contributed by atoms with van der Waals surface area (Å²) in [6.07, 6.45) is 3.86. The second kappa shape index (κ2) is 8.33. The Bertz CT molecular complexity index is 1280. The van der Waals surface area contributed by atoms with E-state index in [0.29, 0.717) is 17.1 Å². The summed E-state index contributed by atoms with van der Waals surface area (Å²) in [5.74, 6) is 2.02. The molecule has 0 saturated heterocycles. The fourth-order valence-electron chi connectivity index (χ4n) is 6.20. The van der Waals surface area contributed by atoms with E-state index in [0.717, 1.165) is 32.1 Å². The third-order valence-corrected chi connectivity index (χ3v) is 10.6. The van der Waals surface area contributed by atoms with Crippen LogP contribution < -0.4 is 10.2 Å². The Hall–Kier alpha value is -2.02. The standard InChI is InChI=1S/C26H25ClN2O2S2/c1-14-3-2-4-19(11-14)28-20(30)13-29-25-24(33-26(29)31)21(15-7-9-18(27)10-8-15)22-16-5-6-17(12-16)23(22)32-25/h2-4,7-11,16-17,21-23H,5-6,12-13H2,1H3,(H,28,30). The van der Waals surface area contributed by atoms with E-state index in [4.69, 9.17) is 11.6 Å². The van der Waals surface area contributed by atoms with E-state index in [1.54, 1.807) is 4.57 Å². The van der Waals surface area contributed by atoms with E-state index in [1.165, 1.54) is 36.2 Å². The molecule has 2 aromatic carbocycles. The van der Waals surface area contributed by atoms with Gasteiger partial charge in [0, 0.05) is 26.8 Å². The topological polar surface area (TPSA) is 51.1 Å². The van der Waals surface area contributed by atoms with Gasteiger partial charge in [0.25, 0.3) is 0 Å². The zero-order valence-electron chi connectivity index (χ0n) is 18.3. The molecule has 2 saturated carbocycles. The molecular formula is C26H25ClN2O2S2. The van der Waals surface area contributed by atoms with Gasteiger partial charge in [-0.2, -0.15) is 0 Å². The average Bonchev–Trinajstić information content (AvgIpc) is 3.48. The maximum absolute atomic E-state index is 13.1. The SMILES string of the molecule is Cc1cccc(NC(=O)Cn2c3c(sc2=O)C(c2ccc(Cl)cc2)C2C4CCC(C4)C2S3)c1. The van der Waals surface area contributed by atoms with Crippen molar-refractivity contribution in [3.05, 3.63) is 79.2 Å². The smallest absolute Gasteiger partial charge is 0.308 e. The molecule has 2 bridgehead atoms. The van der Waals surface area contributed by atoms with Gasteiger partial charge in [-0.25, -0.2) is 0 Å². The van der Waals surface area contributed by atoms with Crippen LogP contribution in [-0.4, -0.2) is 15.7 Å². The number of halogens is 1. The molecule has 5 unspecified atom stereocenters. The van der Waals surface area contributed by atoms with Gasteiger partial charge in [-0.15, -0.1) is 11.8 Å². The van der Waals surface area contributed by atoms with Gasteiger partial charge in [0.15, 0.2) is 0 Å². The number of carbonyl (C=O) groups excluding carboxylic acids is 1. The van der Waals surface area contributed by atoms with Crippen molar-refractivity contribution in [1.29, 1.82) is 0 Å². The van der Waals surface area contributed by atoms with Gasteiger partial charge in [0.2, 0.25) is 5.91 Å². The molecule has 0 radical (unpaired) electrons. The van der Waals surface area contributed by atoms with Crippen molar-refractivity contribution in [2.45, 2.75) is 48.9 Å². The van der Waals surface area contributed by atoms with Crippen LogP contribution in [0, 0.1) is 24.7 Å². The van der Waals surface area contributed by atoms with E-state index in [2.05, 4.69) is 17.4 Å². The molecular weight excluding hydrogens is 472 g/mol. The predicted molar refractivity (Wildman–Crippen MR) is 136 cm³/mol. The Kier molecular flexibility index (Phi) is 5.43. The number of amides is 1. The largest absolute Gasteiger partial charge is 0.325 e. The molecule has 4 nitrogen and oxygen atoms in total. The van der Waals surface area contributed by atoms with Gasteiger partial charge in [0.1, 0.15) is 6.54 Å². The highest BCUT2D eigenvalue weighted by Gasteiger charge is 2.55. The highest BCUT2D eigenvalue weighted by Crippen LogP contribution is 2.64. The van der Waals surface area contributed by atoms with Crippen LogP contribution in [0.4, 0.5) is 5.69 Å². The number of aromatic nitrogens is 1. The molecule has 2 fully saturated rings. The molecule has 7 heteroatoms. The molecule has 3 aliphatic rings. The first kappa shape index (κ1) is 21.5. The molecule has 1 aromatic heterocycles. The molecule has 170 valence electrons. The lowest BCUT2D eigenvalue weighted by atomic mass is 9.75. The number of nitrogens with one attached hydrogen (secondary N) is 1. The quantitative estimate of drug-likeness (QED) is 0.470. The minimum atomic E-state index is -0.165. The predicted octanol–water partition coefficient (Wildman–Crippen LogP) is 6.16. The lowest BCUT2D eigenvalue weighted by Gasteiger charge is -2.40. The number of nitrogens with zero attached hydrogens (tertiary/aromatic N) is 1. The van der Waals surface area contributed by atoms with Crippen LogP contribution in [-0.2, 0) is 11.3 Å². The van der Waals surface area contributed by atoms with Gasteiger partial charge in [-0.1, -0.05) is 47.2 Å². The maximum atomic E-state index is 13.1. The third kappa shape index (κ3) is 3.76. The summed E-state index contributed by atoms with van der Waals surface area (Å²) in [5.41, 5.74) is 3.08. The molecule has 2 heterocycles. The van der Waals surface area contributed by atoms with Crippen molar-refractivity contribution in [3.8, 4) is 0 Å². The summed E-state index contributed by atoms with van der Waals surface area (Å²) >= 11 is 9.37. The summed E-state index contributed by atoms with van der Waals surface area (Å²) in [6.45, 7) is 2.04. The summed E-state index contributed by atoms with van der Waals surface area (Å²) in [4.78, 5) is 27.1. The lowest BCUT2D eigenvalue weighted by Crippen LogP contribution is -2.34. The maximum Gasteiger partial charge on any atom is 0.308 e. The van der Waals surface area contributed by atoms with Crippen LogP contribution in [0.15, 0.2) is 58.4 Å². The third-order valence-electron chi connectivity index (χ3n) is 7.52. The fraction of sp³-hybridized carbons (Fsp3) is 0.385. The Morgan fingerprint density at radius 3 is 2.73 bits per heavy atom. The van der Waals surface area contributed by atoms with Crippen LogP contribution in [0.5, 0.6) is 0 Å². The fourth-order valence-corrected chi connectivity index (χ4v) is 9.47. The summed E-state index contributed by atoms with van der Waals surface area (Å²) in [5, 5.41) is 5.20. The number of fused-ring (bicyclic) bond motifs is 6. The minimum Gasteiger partial charge on any atom is -0.325 e. The highest BCUT2D eigenvalue weighted by molar-refractivity contribution is 8.00. The summed E-state index contributed by atoms with van der Waals surface area (Å²) < 4.78 is 1.71. The Morgan fingerprint density at radius 1 is 1.15 bits per heavy atom. The van der Waals surface area contributed by atoms with Crippen LogP contribution in [0.2, 0.25) is 5.02 Å². The van der Waals surface area contributed by atoms with E-state index < -0.39 is 0 Å². The molecule has 6 rings (SSSR count). The van der Waals surface area contributed by atoms with Gasteiger partial charge >= 0.3 is 4.87 Å². The van der Waals surface area contributed by atoms with Crippen LogP contribution in [0.3, 0.4) is 0 Å². The second-order valence-electron chi connectivity index (χ2n) is 9.56. The monoisotopic (exact) mass is 496 g/mol. The van der Waals surface area contributed by atoms with Gasteiger partial charge in [-0.05, 0) is 79.3 Å². The van der Waals surface area contributed by atoms with Gasteiger partial charge in [-0.3, -0.25) is 14.2 Å². The molecule has 33 heavy (non-hydrogen) atoms. The Morgan fingerprint density at radius 2 is 1.94 bits per heavy atom. The molecule has 0 spiro atoms. The van der Waals surface area contributed by atoms with E-state index in [9.17, 15) is 9.59 Å². The normalized spacial score (nSPS) is 27.3. The number of rotatable bonds is 4. The number of hydrogen-bond donors (Lipinski definition) is 1. The number of thiazole rings is 1. The molecule has 1 aliphatic heterocycles. The number of aryl methyl sites for hydroxylation is 1. The number of thioether (sulfide) groups is 1. The number of hydrogen-bond acceptors (Lipinski definition) is 4. The van der Waals surface area contributed by atoms with E-state index >= 15 is 0 Å². The van der Waals surface area contributed by atoms with Gasteiger partial charge < -0.3 is 5.32 Å². The van der Waals surface area contributed by atoms with E-state index in [-0.39, 0.29) is 23.2 Å². The van der Waals surface area contributed by atoms with Crippen molar-refractivity contribution in [3.63, 3.8) is 0 Å². The molecule has 1 N–H and O–H groups in total. The first-order chi connectivity index (χ1) is 16.0. The number of benzene rings is 2. The number of carbonyl (C=O) groups is 1. The Labute approximate surface area is 206 Å². The molecule has 3 aromatic rings. The number of anilines is 1. The lowest BCUT2D eigenvalue weighted by molar-refractivity contribution is -0.116. The van der Waals surface area contributed by atoms with Crippen LogP contribution in [0.25, 0.3) is 0 Å². The van der Waals surface area contributed by atoms with Crippen LogP contribution >= 0.6 is 34.7 Å². The van der Waals surface area contributed by atoms with Crippen molar-refractivity contribution < 1.29 is 4.79 Å². The van der Waals surface area contributed by atoms with Crippen molar-refractivity contribution in [2.75, 3.05) is 5.32 Å². The summed E-state index contributed by atoms with van der Waals surface area (Å²) in [7, 11) is 0. The average molecular weight is 497 g/mol. The van der Waals surface area contributed by atoms with Gasteiger partial charge in [0.05, 0.1) is 5.03 Å². The highest BCUT2D eigenvalue weighted by atomic mass is 35.5. The minimum absolute atomic E-state index is 0.0434. The van der Waals surface area contributed by atoms with Crippen LogP contribution in [0.1, 0.15) is 41.2 Å². The van der Waals surface area contributed by atoms with E-state index in [1.807, 2.05) is 55.1 Å². The Balaban J connectivity index is 1.37.